The first-order valence-electron chi connectivity index (χ1n) is 6.97. The number of halogens is 2. The van der Waals surface area contributed by atoms with Crippen LogP contribution in [-0.2, 0) is 4.79 Å². The SMILES string of the molecule is COc1ccc(C)cc1/C=C(\C#N)C(=O)Nc1cc(Cl)ccc1Cl. The van der Waals surface area contributed by atoms with Crippen LogP contribution in [0.1, 0.15) is 11.1 Å². The maximum absolute atomic E-state index is 12.4. The lowest BCUT2D eigenvalue weighted by Gasteiger charge is -2.09. The highest BCUT2D eigenvalue weighted by atomic mass is 35.5. The van der Waals surface area contributed by atoms with Crippen molar-refractivity contribution in [3.8, 4) is 11.8 Å². The highest BCUT2D eigenvalue weighted by Crippen LogP contribution is 2.27. The fourth-order valence-corrected chi connectivity index (χ4v) is 2.39. The summed E-state index contributed by atoms with van der Waals surface area (Å²) in [5, 5.41) is 12.7. The molecule has 24 heavy (non-hydrogen) atoms. The highest BCUT2D eigenvalue weighted by Gasteiger charge is 2.13. The molecule has 0 aliphatic heterocycles. The molecule has 0 unspecified atom stereocenters. The van der Waals surface area contributed by atoms with Gasteiger partial charge in [-0.3, -0.25) is 4.79 Å². The number of amides is 1. The van der Waals surface area contributed by atoms with Crippen LogP contribution in [0, 0.1) is 18.3 Å². The molecule has 2 aromatic rings. The third-order valence-electron chi connectivity index (χ3n) is 3.23. The molecular weight excluding hydrogens is 347 g/mol. The second-order valence-corrected chi connectivity index (χ2v) is 5.84. The molecule has 0 aliphatic rings. The van der Waals surface area contributed by atoms with Gasteiger partial charge in [0.15, 0.2) is 0 Å². The van der Waals surface area contributed by atoms with E-state index >= 15 is 0 Å². The lowest BCUT2D eigenvalue weighted by Crippen LogP contribution is -2.13. The Bertz CT molecular complexity index is 855. The van der Waals surface area contributed by atoms with E-state index in [4.69, 9.17) is 27.9 Å². The van der Waals surface area contributed by atoms with Crippen LogP contribution in [0.15, 0.2) is 42.0 Å². The van der Waals surface area contributed by atoms with E-state index in [1.54, 1.807) is 18.2 Å². The Morgan fingerprint density at radius 2 is 2.00 bits per heavy atom. The summed E-state index contributed by atoms with van der Waals surface area (Å²) in [6.07, 6.45) is 1.47. The average Bonchev–Trinajstić information content (AvgIpc) is 2.56. The zero-order valence-electron chi connectivity index (χ0n) is 13.1. The van der Waals surface area contributed by atoms with Crippen molar-refractivity contribution in [2.24, 2.45) is 0 Å². The van der Waals surface area contributed by atoms with Crippen molar-refractivity contribution < 1.29 is 9.53 Å². The number of carbonyl (C=O) groups excluding carboxylic acids is 1. The van der Waals surface area contributed by atoms with Crippen molar-refractivity contribution in [2.45, 2.75) is 6.92 Å². The summed E-state index contributed by atoms with van der Waals surface area (Å²) in [4.78, 5) is 12.4. The molecule has 2 aromatic carbocycles. The van der Waals surface area contributed by atoms with Crippen LogP contribution in [0.4, 0.5) is 5.69 Å². The number of hydrogen-bond acceptors (Lipinski definition) is 3. The van der Waals surface area contributed by atoms with Crippen molar-refractivity contribution >= 4 is 40.9 Å². The van der Waals surface area contributed by atoms with Crippen LogP contribution in [-0.4, -0.2) is 13.0 Å². The van der Waals surface area contributed by atoms with Gasteiger partial charge in [-0.15, -0.1) is 0 Å². The zero-order valence-corrected chi connectivity index (χ0v) is 14.6. The normalized spacial score (nSPS) is 10.9. The standard InChI is InChI=1S/C18H14Cl2N2O2/c1-11-3-6-17(24-2)12(7-11)8-13(10-21)18(23)22-16-9-14(19)4-5-15(16)20/h3-9H,1-2H3,(H,22,23)/b13-8+. The number of aryl methyl sites for hydroxylation is 1. The third-order valence-corrected chi connectivity index (χ3v) is 3.79. The smallest absolute Gasteiger partial charge is 0.266 e. The van der Waals surface area contributed by atoms with Crippen LogP contribution in [0.5, 0.6) is 5.75 Å². The number of ether oxygens (including phenoxy) is 1. The maximum Gasteiger partial charge on any atom is 0.266 e. The predicted octanol–water partition coefficient (Wildman–Crippen LogP) is 4.86. The van der Waals surface area contributed by atoms with Crippen molar-refractivity contribution in [3.05, 3.63) is 63.1 Å². The first kappa shape index (κ1) is 17.9. The minimum absolute atomic E-state index is 0.0741. The lowest BCUT2D eigenvalue weighted by atomic mass is 10.1. The van der Waals surface area contributed by atoms with Gasteiger partial charge in [0, 0.05) is 10.6 Å². The summed E-state index contributed by atoms with van der Waals surface area (Å²) in [7, 11) is 1.53. The second kappa shape index (κ2) is 7.87. The van der Waals surface area contributed by atoms with Gasteiger partial charge in [0.1, 0.15) is 17.4 Å². The molecular formula is C18H14Cl2N2O2. The van der Waals surface area contributed by atoms with Gasteiger partial charge in [0.25, 0.3) is 5.91 Å². The first-order chi connectivity index (χ1) is 11.4. The van der Waals surface area contributed by atoms with Gasteiger partial charge < -0.3 is 10.1 Å². The molecule has 6 heteroatoms. The molecule has 0 radical (unpaired) electrons. The molecule has 0 aromatic heterocycles. The summed E-state index contributed by atoms with van der Waals surface area (Å²) in [6.45, 7) is 1.91. The minimum Gasteiger partial charge on any atom is -0.496 e. The average molecular weight is 361 g/mol. The minimum atomic E-state index is -0.578. The number of nitriles is 1. The highest BCUT2D eigenvalue weighted by molar-refractivity contribution is 6.36. The Hall–Kier alpha value is -2.48. The third kappa shape index (κ3) is 4.29. The summed E-state index contributed by atoms with van der Waals surface area (Å²) < 4.78 is 5.25. The van der Waals surface area contributed by atoms with E-state index in [1.807, 2.05) is 25.1 Å². The van der Waals surface area contributed by atoms with E-state index in [1.165, 1.54) is 19.3 Å². The summed E-state index contributed by atoms with van der Waals surface area (Å²) in [5.41, 5.74) is 1.89. The summed E-state index contributed by atoms with van der Waals surface area (Å²) in [6, 6.07) is 12.1. The van der Waals surface area contributed by atoms with Crippen molar-refractivity contribution in [3.63, 3.8) is 0 Å². The Morgan fingerprint density at radius 3 is 2.67 bits per heavy atom. The number of anilines is 1. The molecule has 0 fully saturated rings. The number of carbonyl (C=O) groups is 1. The first-order valence-corrected chi connectivity index (χ1v) is 7.73. The molecule has 0 aliphatic carbocycles. The van der Waals surface area contributed by atoms with Gasteiger partial charge in [-0.05, 0) is 43.3 Å². The number of benzene rings is 2. The number of nitrogens with zero attached hydrogens (tertiary/aromatic N) is 1. The molecule has 1 amide bonds. The van der Waals surface area contributed by atoms with Crippen molar-refractivity contribution in [1.29, 1.82) is 5.26 Å². The number of nitrogens with one attached hydrogen (secondary N) is 1. The lowest BCUT2D eigenvalue weighted by molar-refractivity contribution is -0.112. The van der Waals surface area contributed by atoms with Gasteiger partial charge in [-0.25, -0.2) is 0 Å². The maximum atomic E-state index is 12.4. The molecule has 0 saturated heterocycles. The summed E-state index contributed by atoms with van der Waals surface area (Å²) in [5.74, 6) is -0.00726. The fraction of sp³-hybridized carbons (Fsp3) is 0.111. The molecule has 122 valence electrons. The summed E-state index contributed by atoms with van der Waals surface area (Å²) >= 11 is 11.9. The molecule has 0 heterocycles. The molecule has 0 bridgehead atoms. The molecule has 0 spiro atoms. The van der Waals surface area contributed by atoms with Gasteiger partial charge in [0.05, 0.1) is 17.8 Å². The Labute approximate surface area is 150 Å². The second-order valence-electron chi connectivity index (χ2n) is 4.99. The molecule has 0 atom stereocenters. The van der Waals surface area contributed by atoms with Gasteiger partial charge in [-0.2, -0.15) is 5.26 Å². The van der Waals surface area contributed by atoms with Crippen molar-refractivity contribution in [1.82, 2.24) is 0 Å². The van der Waals surface area contributed by atoms with E-state index < -0.39 is 5.91 Å². The van der Waals surface area contributed by atoms with Crippen LogP contribution in [0.25, 0.3) is 6.08 Å². The monoisotopic (exact) mass is 360 g/mol. The Balaban J connectivity index is 2.34. The number of methoxy groups -OCH3 is 1. The van der Waals surface area contributed by atoms with E-state index in [0.717, 1.165) is 5.56 Å². The van der Waals surface area contributed by atoms with Crippen molar-refractivity contribution in [2.75, 3.05) is 12.4 Å². The molecule has 2 rings (SSSR count). The topological polar surface area (TPSA) is 62.1 Å². The van der Waals surface area contributed by atoms with E-state index in [-0.39, 0.29) is 5.57 Å². The molecule has 4 nitrogen and oxygen atoms in total. The van der Waals surface area contributed by atoms with Gasteiger partial charge in [0.2, 0.25) is 0 Å². The number of rotatable bonds is 4. The Morgan fingerprint density at radius 1 is 1.25 bits per heavy atom. The van der Waals surface area contributed by atoms with Crippen LogP contribution < -0.4 is 10.1 Å². The quantitative estimate of drug-likeness (QED) is 0.625. The van der Waals surface area contributed by atoms with E-state index in [2.05, 4.69) is 5.32 Å². The van der Waals surface area contributed by atoms with E-state index in [0.29, 0.717) is 27.0 Å². The largest absolute Gasteiger partial charge is 0.496 e. The zero-order chi connectivity index (χ0) is 17.7. The fourth-order valence-electron chi connectivity index (χ4n) is 2.05. The Kier molecular flexibility index (Phi) is 5.86. The predicted molar refractivity (Wildman–Crippen MR) is 96.4 cm³/mol. The van der Waals surface area contributed by atoms with Crippen LogP contribution in [0.3, 0.4) is 0 Å². The van der Waals surface area contributed by atoms with Gasteiger partial charge in [-0.1, -0.05) is 34.8 Å². The molecule has 0 saturated carbocycles. The van der Waals surface area contributed by atoms with Crippen LogP contribution in [0.2, 0.25) is 10.0 Å². The van der Waals surface area contributed by atoms with Gasteiger partial charge >= 0.3 is 0 Å². The van der Waals surface area contributed by atoms with E-state index in [9.17, 15) is 10.1 Å². The molecule has 1 N–H and O–H groups in total. The number of hydrogen-bond donors (Lipinski definition) is 1. The van der Waals surface area contributed by atoms with Crippen LogP contribution >= 0.6 is 23.2 Å².